The van der Waals surface area contributed by atoms with Gasteiger partial charge in [-0.2, -0.15) is 0 Å². The first-order valence-corrected chi connectivity index (χ1v) is 2.98. The van der Waals surface area contributed by atoms with Gasteiger partial charge in [0.15, 0.2) is 6.29 Å². The van der Waals surface area contributed by atoms with Crippen molar-refractivity contribution >= 4 is 12.0 Å². The summed E-state index contributed by atoms with van der Waals surface area (Å²) in [5, 5.41) is 3.33. The second-order valence-electron chi connectivity index (χ2n) is 1.87. The first kappa shape index (κ1) is 7.31. The van der Waals surface area contributed by atoms with E-state index in [4.69, 9.17) is 5.53 Å². The molecule has 1 aromatic carbocycles. The number of nitrogens with zero attached hydrogens (tertiary/aromatic N) is 3. The van der Waals surface area contributed by atoms with Gasteiger partial charge in [0, 0.05) is 16.2 Å². The molecule has 0 aromatic heterocycles. The molecule has 0 spiro atoms. The Morgan fingerprint density at radius 3 is 2.82 bits per heavy atom. The van der Waals surface area contributed by atoms with Crippen molar-refractivity contribution in [1.29, 1.82) is 0 Å². The van der Waals surface area contributed by atoms with Crippen LogP contribution in [0.1, 0.15) is 10.4 Å². The smallest absolute Gasteiger partial charge is 0.150 e. The molecule has 0 saturated carbocycles. The Kier molecular flexibility index (Phi) is 2.25. The van der Waals surface area contributed by atoms with Crippen LogP contribution in [0.2, 0.25) is 0 Å². The quantitative estimate of drug-likeness (QED) is 0.274. The molecule has 1 rings (SSSR count). The number of aldehydes is 1. The lowest BCUT2D eigenvalue weighted by molar-refractivity contribution is 0.112. The Labute approximate surface area is 63.1 Å². The normalized spacial score (nSPS) is 8.36. The van der Waals surface area contributed by atoms with Gasteiger partial charge in [0.05, 0.1) is 0 Å². The van der Waals surface area contributed by atoms with Crippen molar-refractivity contribution in [1.82, 2.24) is 0 Å². The summed E-state index contributed by atoms with van der Waals surface area (Å²) in [6, 6.07) is 6.59. The number of rotatable bonds is 2. The molecule has 54 valence electrons. The molecule has 0 saturated heterocycles. The van der Waals surface area contributed by atoms with E-state index < -0.39 is 0 Å². The van der Waals surface area contributed by atoms with Gasteiger partial charge in [-0.15, -0.1) is 0 Å². The van der Waals surface area contributed by atoms with Gasteiger partial charge in [0.25, 0.3) is 0 Å². The fraction of sp³-hybridized carbons (Fsp3) is 0. The number of carbonyl (C=O) groups is 1. The summed E-state index contributed by atoms with van der Waals surface area (Å²) < 4.78 is 0. The predicted octanol–water partition coefficient (Wildman–Crippen LogP) is 2.44. The van der Waals surface area contributed by atoms with E-state index in [0.717, 1.165) is 0 Å². The lowest BCUT2D eigenvalue weighted by Crippen LogP contribution is -1.77. The minimum absolute atomic E-state index is 0.366. The van der Waals surface area contributed by atoms with Crippen molar-refractivity contribution in [2.45, 2.75) is 0 Å². The van der Waals surface area contributed by atoms with Crippen LogP contribution in [0.3, 0.4) is 0 Å². The van der Waals surface area contributed by atoms with E-state index in [1.807, 2.05) is 0 Å². The summed E-state index contributed by atoms with van der Waals surface area (Å²) in [6.07, 6.45) is 0.657. The van der Waals surface area contributed by atoms with Crippen LogP contribution in [0.4, 0.5) is 5.69 Å². The van der Waals surface area contributed by atoms with Gasteiger partial charge in [-0.1, -0.05) is 29.4 Å². The topological polar surface area (TPSA) is 65.8 Å². The average molecular weight is 147 g/mol. The third-order valence-electron chi connectivity index (χ3n) is 1.22. The largest absolute Gasteiger partial charge is 0.298 e. The summed E-state index contributed by atoms with van der Waals surface area (Å²) in [7, 11) is 0. The standard InChI is InChI=1S/C7H5N3O/c8-10-9-7-4-2-1-3-6(7)5-11/h1-5H. The van der Waals surface area contributed by atoms with Crippen molar-refractivity contribution in [2.75, 3.05) is 0 Å². The number of azide groups is 1. The summed E-state index contributed by atoms with van der Waals surface area (Å²) in [6.45, 7) is 0. The van der Waals surface area contributed by atoms with Crippen LogP contribution >= 0.6 is 0 Å². The zero-order chi connectivity index (χ0) is 8.10. The van der Waals surface area contributed by atoms with Gasteiger partial charge in [0.1, 0.15) is 0 Å². The highest BCUT2D eigenvalue weighted by molar-refractivity contribution is 5.82. The van der Waals surface area contributed by atoms with Crippen LogP contribution in [-0.2, 0) is 0 Å². The molecule has 0 radical (unpaired) electrons. The molecule has 0 heterocycles. The molecule has 0 fully saturated rings. The SMILES string of the molecule is [N-]=[N+]=Nc1ccccc1C=O. The van der Waals surface area contributed by atoms with Gasteiger partial charge >= 0.3 is 0 Å². The first-order valence-electron chi connectivity index (χ1n) is 2.98. The maximum absolute atomic E-state index is 10.3. The van der Waals surface area contributed by atoms with E-state index in [2.05, 4.69) is 10.0 Å². The maximum atomic E-state index is 10.3. The molecule has 4 nitrogen and oxygen atoms in total. The maximum Gasteiger partial charge on any atom is 0.150 e. The van der Waals surface area contributed by atoms with Gasteiger partial charge in [-0.25, -0.2) is 0 Å². The van der Waals surface area contributed by atoms with E-state index in [-0.39, 0.29) is 0 Å². The summed E-state index contributed by atoms with van der Waals surface area (Å²) in [5.74, 6) is 0. The van der Waals surface area contributed by atoms with Crippen molar-refractivity contribution < 1.29 is 4.79 Å². The molecule has 0 aliphatic rings. The Morgan fingerprint density at radius 2 is 2.18 bits per heavy atom. The minimum Gasteiger partial charge on any atom is -0.298 e. The molecule has 0 unspecified atom stereocenters. The molecule has 0 amide bonds. The summed E-state index contributed by atoms with van der Waals surface area (Å²) in [4.78, 5) is 12.9. The van der Waals surface area contributed by atoms with Crippen molar-refractivity contribution in [3.63, 3.8) is 0 Å². The average Bonchev–Trinajstić information content (AvgIpc) is 2.06. The third-order valence-corrected chi connectivity index (χ3v) is 1.22. The van der Waals surface area contributed by atoms with E-state index in [9.17, 15) is 4.79 Å². The van der Waals surface area contributed by atoms with Gasteiger partial charge < -0.3 is 0 Å². The Morgan fingerprint density at radius 1 is 1.45 bits per heavy atom. The van der Waals surface area contributed by atoms with Crippen LogP contribution < -0.4 is 0 Å². The number of benzene rings is 1. The monoisotopic (exact) mass is 147 g/mol. The summed E-state index contributed by atoms with van der Waals surface area (Å²) in [5.41, 5.74) is 8.86. The van der Waals surface area contributed by atoms with E-state index in [1.165, 1.54) is 0 Å². The van der Waals surface area contributed by atoms with Crippen LogP contribution in [0.25, 0.3) is 10.4 Å². The fourth-order valence-corrected chi connectivity index (χ4v) is 0.726. The minimum atomic E-state index is 0.366. The van der Waals surface area contributed by atoms with Gasteiger partial charge in [-0.3, -0.25) is 4.79 Å². The number of carbonyl (C=O) groups excluding carboxylic acids is 1. The zero-order valence-electron chi connectivity index (χ0n) is 5.64. The predicted molar refractivity (Wildman–Crippen MR) is 40.6 cm³/mol. The molecule has 0 aliphatic heterocycles. The van der Waals surface area contributed by atoms with Crippen LogP contribution in [0.5, 0.6) is 0 Å². The Balaban J connectivity index is 3.21. The lowest BCUT2D eigenvalue weighted by Gasteiger charge is -1.92. The second-order valence-corrected chi connectivity index (χ2v) is 1.87. The molecule has 0 N–H and O–H groups in total. The second kappa shape index (κ2) is 3.39. The van der Waals surface area contributed by atoms with Gasteiger partial charge in [-0.05, 0) is 5.53 Å². The molecule has 0 bridgehead atoms. The first-order chi connectivity index (χ1) is 5.38. The van der Waals surface area contributed by atoms with Crippen molar-refractivity contribution in [3.05, 3.63) is 40.3 Å². The lowest BCUT2D eigenvalue weighted by atomic mass is 10.2. The number of hydrogen-bond donors (Lipinski definition) is 0. The Hall–Kier alpha value is -1.80. The van der Waals surface area contributed by atoms with Crippen LogP contribution in [0, 0.1) is 0 Å². The molecular formula is C7H5N3O. The third kappa shape index (κ3) is 1.56. The van der Waals surface area contributed by atoms with Crippen molar-refractivity contribution in [3.8, 4) is 0 Å². The van der Waals surface area contributed by atoms with Crippen molar-refractivity contribution in [2.24, 2.45) is 5.11 Å². The highest BCUT2D eigenvalue weighted by atomic mass is 16.1. The fourth-order valence-electron chi connectivity index (χ4n) is 0.726. The highest BCUT2D eigenvalue weighted by Gasteiger charge is 1.94. The van der Waals surface area contributed by atoms with E-state index in [1.54, 1.807) is 24.3 Å². The van der Waals surface area contributed by atoms with Crippen LogP contribution in [-0.4, -0.2) is 6.29 Å². The zero-order valence-corrected chi connectivity index (χ0v) is 5.64. The highest BCUT2D eigenvalue weighted by Crippen LogP contribution is 2.15. The number of hydrogen-bond acceptors (Lipinski definition) is 2. The Bertz CT molecular complexity index is 315. The summed E-state index contributed by atoms with van der Waals surface area (Å²) >= 11 is 0. The molecule has 4 heteroatoms. The molecule has 0 atom stereocenters. The molecule has 11 heavy (non-hydrogen) atoms. The molecule has 1 aromatic rings. The van der Waals surface area contributed by atoms with E-state index >= 15 is 0 Å². The van der Waals surface area contributed by atoms with Gasteiger partial charge in [0.2, 0.25) is 0 Å². The van der Waals surface area contributed by atoms with E-state index in [0.29, 0.717) is 17.5 Å². The van der Waals surface area contributed by atoms with Crippen LogP contribution in [0.15, 0.2) is 29.4 Å². The molecule has 0 aliphatic carbocycles. The molecular weight excluding hydrogens is 142 g/mol.